The molecular weight excluding hydrogens is 417 g/mol. The van der Waals surface area contributed by atoms with Gasteiger partial charge in [-0.3, -0.25) is 4.79 Å². The molecule has 1 aromatic heterocycles. The lowest BCUT2D eigenvalue weighted by Gasteiger charge is -2.18. The molecule has 0 aliphatic heterocycles. The Morgan fingerprint density at radius 3 is 2.53 bits per heavy atom. The highest BCUT2D eigenvalue weighted by Gasteiger charge is 2.18. The predicted octanol–water partition coefficient (Wildman–Crippen LogP) is 4.43. The van der Waals surface area contributed by atoms with Gasteiger partial charge in [0, 0.05) is 22.8 Å². The summed E-state index contributed by atoms with van der Waals surface area (Å²) < 4.78 is 39.7. The number of carbonyl (C=O) groups is 1. The van der Waals surface area contributed by atoms with Gasteiger partial charge in [-0.15, -0.1) is 0 Å². The van der Waals surface area contributed by atoms with Crippen LogP contribution in [-0.4, -0.2) is 28.3 Å². The first-order chi connectivity index (χ1) is 14.4. The summed E-state index contributed by atoms with van der Waals surface area (Å²) in [4.78, 5) is 12.3. The molecule has 0 fully saturated rings. The number of halogens is 4. The quantitative estimate of drug-likeness (QED) is 0.548. The van der Waals surface area contributed by atoms with Crippen LogP contribution in [-0.2, 0) is 6.42 Å². The molecule has 158 valence electrons. The molecule has 0 saturated carbocycles. The van der Waals surface area contributed by atoms with Crippen molar-refractivity contribution < 1.29 is 18.0 Å². The molecule has 9 heteroatoms. The smallest absolute Gasteiger partial charge is 0.333 e. The maximum absolute atomic E-state index is 14.0. The minimum Gasteiger partial charge on any atom is -0.348 e. The maximum Gasteiger partial charge on any atom is 0.333 e. The Morgan fingerprint density at radius 2 is 1.90 bits per heavy atom. The number of nitrogens with two attached hydrogens (primary N) is 1. The number of amides is 1. The standard InChI is InChI=1S/C21H20ClF3N4O/c22-15-5-6-18(23)17(12-15)14-3-1-13(2-4-14)11-16(7-9-26)27-20(30)19-8-10-29(28-19)21(24)25/h1-6,8,10,12,16,21H,7,9,11,26H2,(H,27,30)/t16-/m0/s1. The van der Waals surface area contributed by atoms with E-state index in [1.807, 2.05) is 12.1 Å². The Hall–Kier alpha value is -2.84. The zero-order valence-electron chi connectivity index (χ0n) is 15.9. The van der Waals surface area contributed by atoms with Crippen molar-refractivity contribution in [3.05, 3.63) is 76.8 Å². The third kappa shape index (κ3) is 5.40. The average molecular weight is 437 g/mol. The van der Waals surface area contributed by atoms with Crippen LogP contribution in [0.4, 0.5) is 13.2 Å². The van der Waals surface area contributed by atoms with Crippen LogP contribution in [0.3, 0.4) is 0 Å². The second-order valence-electron chi connectivity index (χ2n) is 6.73. The van der Waals surface area contributed by atoms with Crippen molar-refractivity contribution in [2.45, 2.75) is 25.4 Å². The van der Waals surface area contributed by atoms with E-state index in [4.69, 9.17) is 17.3 Å². The van der Waals surface area contributed by atoms with Gasteiger partial charge in [-0.2, -0.15) is 13.9 Å². The fourth-order valence-corrected chi connectivity index (χ4v) is 3.25. The Labute approximate surface area is 176 Å². The van der Waals surface area contributed by atoms with E-state index in [2.05, 4.69) is 10.4 Å². The predicted molar refractivity (Wildman–Crippen MR) is 109 cm³/mol. The highest BCUT2D eigenvalue weighted by atomic mass is 35.5. The lowest BCUT2D eigenvalue weighted by molar-refractivity contribution is 0.0559. The Morgan fingerprint density at radius 1 is 1.17 bits per heavy atom. The van der Waals surface area contributed by atoms with Gasteiger partial charge in [0.1, 0.15) is 11.5 Å². The van der Waals surface area contributed by atoms with Crippen LogP contribution in [0.1, 0.15) is 29.0 Å². The highest BCUT2D eigenvalue weighted by molar-refractivity contribution is 6.30. The average Bonchev–Trinajstić information content (AvgIpc) is 3.21. The third-order valence-corrected chi connectivity index (χ3v) is 4.80. The number of carbonyl (C=O) groups excluding carboxylic acids is 1. The van der Waals surface area contributed by atoms with Gasteiger partial charge in [0.05, 0.1) is 0 Å². The molecule has 0 bridgehead atoms. The summed E-state index contributed by atoms with van der Waals surface area (Å²) in [6.07, 6.45) is 2.01. The lowest BCUT2D eigenvalue weighted by atomic mass is 9.99. The monoisotopic (exact) mass is 436 g/mol. The van der Waals surface area contributed by atoms with Gasteiger partial charge in [0.2, 0.25) is 0 Å². The van der Waals surface area contributed by atoms with E-state index in [1.165, 1.54) is 18.2 Å². The number of hydrogen-bond donors (Lipinski definition) is 2. The SMILES string of the molecule is NCC[C@@H](Cc1ccc(-c2cc(Cl)ccc2F)cc1)NC(=O)c1ccn(C(F)F)n1. The molecule has 0 aliphatic rings. The van der Waals surface area contributed by atoms with Crippen LogP contribution < -0.4 is 11.1 Å². The molecule has 1 amide bonds. The van der Waals surface area contributed by atoms with Gasteiger partial charge in [-0.1, -0.05) is 35.9 Å². The summed E-state index contributed by atoms with van der Waals surface area (Å²) in [7, 11) is 0. The molecule has 3 aromatic rings. The van der Waals surface area contributed by atoms with Crippen LogP contribution >= 0.6 is 11.6 Å². The van der Waals surface area contributed by atoms with E-state index < -0.39 is 12.5 Å². The molecule has 30 heavy (non-hydrogen) atoms. The lowest BCUT2D eigenvalue weighted by Crippen LogP contribution is -2.38. The zero-order chi connectivity index (χ0) is 21.7. The van der Waals surface area contributed by atoms with Gasteiger partial charge in [0.25, 0.3) is 5.91 Å². The summed E-state index contributed by atoms with van der Waals surface area (Å²) in [6, 6.07) is 12.5. The number of hydrogen-bond acceptors (Lipinski definition) is 3. The number of aromatic nitrogens is 2. The minimum absolute atomic E-state index is 0.0934. The Balaban J connectivity index is 1.70. The molecule has 3 N–H and O–H groups in total. The molecule has 0 saturated heterocycles. The van der Waals surface area contributed by atoms with E-state index in [0.717, 1.165) is 11.8 Å². The van der Waals surface area contributed by atoms with Gasteiger partial charge in [-0.25, -0.2) is 9.07 Å². The summed E-state index contributed by atoms with van der Waals surface area (Å²) in [5.74, 6) is -0.922. The topological polar surface area (TPSA) is 72.9 Å². The Bertz CT molecular complexity index is 1010. The van der Waals surface area contributed by atoms with Crippen molar-refractivity contribution in [2.24, 2.45) is 5.73 Å². The molecule has 5 nitrogen and oxygen atoms in total. The first-order valence-electron chi connectivity index (χ1n) is 9.26. The molecule has 0 radical (unpaired) electrons. The van der Waals surface area contributed by atoms with Crippen molar-refractivity contribution in [1.82, 2.24) is 15.1 Å². The summed E-state index contributed by atoms with van der Waals surface area (Å²) in [6.45, 7) is -2.48. The van der Waals surface area contributed by atoms with E-state index in [-0.39, 0.29) is 17.6 Å². The normalized spacial score (nSPS) is 12.2. The first-order valence-corrected chi connectivity index (χ1v) is 9.63. The second kappa shape index (κ2) is 9.77. The number of alkyl halides is 2. The molecule has 0 spiro atoms. The molecule has 1 atom stereocenters. The molecule has 2 aromatic carbocycles. The first kappa shape index (κ1) is 21.9. The Kier molecular flexibility index (Phi) is 7.12. The van der Waals surface area contributed by atoms with Crippen LogP contribution in [0.15, 0.2) is 54.7 Å². The van der Waals surface area contributed by atoms with Gasteiger partial charge < -0.3 is 11.1 Å². The fourth-order valence-electron chi connectivity index (χ4n) is 3.08. The number of nitrogens with zero attached hydrogens (tertiary/aromatic N) is 2. The largest absolute Gasteiger partial charge is 0.348 e. The van der Waals surface area contributed by atoms with Gasteiger partial charge in [0.15, 0.2) is 0 Å². The van der Waals surface area contributed by atoms with Gasteiger partial charge >= 0.3 is 6.55 Å². The number of benzene rings is 2. The summed E-state index contributed by atoms with van der Waals surface area (Å²) >= 11 is 5.95. The number of nitrogens with one attached hydrogen (secondary N) is 1. The zero-order valence-corrected chi connectivity index (χ0v) is 16.6. The molecule has 0 unspecified atom stereocenters. The molecule has 0 aliphatic carbocycles. The van der Waals surface area contributed by atoms with E-state index in [1.54, 1.807) is 18.2 Å². The maximum atomic E-state index is 14.0. The van der Waals surface area contributed by atoms with Crippen molar-refractivity contribution in [3.63, 3.8) is 0 Å². The van der Waals surface area contributed by atoms with Crippen molar-refractivity contribution >= 4 is 17.5 Å². The van der Waals surface area contributed by atoms with E-state index >= 15 is 0 Å². The van der Waals surface area contributed by atoms with Crippen molar-refractivity contribution in [3.8, 4) is 11.1 Å². The summed E-state index contributed by atoms with van der Waals surface area (Å²) in [5.41, 5.74) is 7.53. The van der Waals surface area contributed by atoms with Gasteiger partial charge in [-0.05, 0) is 54.8 Å². The van der Waals surface area contributed by atoms with Crippen LogP contribution in [0.25, 0.3) is 11.1 Å². The van der Waals surface area contributed by atoms with Crippen LogP contribution in [0.5, 0.6) is 0 Å². The number of rotatable bonds is 8. The highest BCUT2D eigenvalue weighted by Crippen LogP contribution is 2.26. The molecule has 1 heterocycles. The van der Waals surface area contributed by atoms with Crippen LogP contribution in [0, 0.1) is 5.82 Å². The van der Waals surface area contributed by atoms with Crippen LogP contribution in [0.2, 0.25) is 5.02 Å². The summed E-state index contributed by atoms with van der Waals surface area (Å²) in [5, 5.41) is 6.79. The van der Waals surface area contributed by atoms with Crippen molar-refractivity contribution in [1.29, 1.82) is 0 Å². The second-order valence-corrected chi connectivity index (χ2v) is 7.17. The molecular formula is C21H20ClF3N4O. The minimum atomic E-state index is -2.81. The molecule has 3 rings (SSSR count). The van der Waals surface area contributed by atoms with E-state index in [9.17, 15) is 18.0 Å². The van der Waals surface area contributed by atoms with Crippen molar-refractivity contribution in [2.75, 3.05) is 6.54 Å². The third-order valence-electron chi connectivity index (χ3n) is 4.57. The van der Waals surface area contributed by atoms with E-state index in [0.29, 0.717) is 40.2 Å². The fraction of sp³-hybridized carbons (Fsp3) is 0.238.